The minimum absolute atomic E-state index is 0.431. The standard InChI is InChI=1S/C22H30N2O2S/c1-4-6-17-24(18-7-5-2)27(26,21-15-13-19(3)14-16-21)23-22(25)20-11-9-8-10-12-20/h8-16H,4-7,17-18H2,1-3H3. The minimum atomic E-state index is -3.01. The molecule has 0 aromatic heterocycles. The van der Waals surface area contributed by atoms with Crippen LogP contribution in [-0.2, 0) is 9.92 Å². The molecule has 0 bridgehead atoms. The number of carbonyl (C=O) groups is 1. The number of benzene rings is 2. The predicted octanol–water partition coefficient (Wildman–Crippen LogP) is 5.48. The van der Waals surface area contributed by atoms with E-state index in [2.05, 4.69) is 18.2 Å². The number of hydrogen-bond donors (Lipinski definition) is 0. The van der Waals surface area contributed by atoms with Gasteiger partial charge in [0, 0.05) is 18.7 Å². The molecular weight excluding hydrogens is 356 g/mol. The molecule has 0 fully saturated rings. The monoisotopic (exact) mass is 386 g/mol. The second kappa shape index (κ2) is 10.4. The maximum Gasteiger partial charge on any atom is 0.286 e. The fraction of sp³-hybridized carbons (Fsp3) is 0.409. The van der Waals surface area contributed by atoms with E-state index >= 15 is 0 Å². The molecule has 146 valence electrons. The number of rotatable bonds is 9. The Kier molecular flexibility index (Phi) is 8.20. The summed E-state index contributed by atoms with van der Waals surface area (Å²) in [6, 6.07) is 16.4. The fourth-order valence-electron chi connectivity index (χ4n) is 2.75. The Morgan fingerprint density at radius 2 is 1.48 bits per heavy atom. The van der Waals surface area contributed by atoms with Crippen molar-refractivity contribution in [1.29, 1.82) is 0 Å². The molecule has 1 unspecified atom stereocenters. The van der Waals surface area contributed by atoms with Crippen molar-refractivity contribution in [2.75, 3.05) is 13.1 Å². The molecule has 1 atom stereocenters. The van der Waals surface area contributed by atoms with Gasteiger partial charge in [-0.15, -0.1) is 4.36 Å². The van der Waals surface area contributed by atoms with Gasteiger partial charge in [0.2, 0.25) is 0 Å². The number of carbonyl (C=O) groups excluding carboxylic acids is 1. The van der Waals surface area contributed by atoms with Crippen LogP contribution in [0.3, 0.4) is 0 Å². The fourth-order valence-corrected chi connectivity index (χ4v) is 4.84. The van der Waals surface area contributed by atoms with E-state index in [4.69, 9.17) is 0 Å². The first-order chi connectivity index (χ1) is 13.0. The van der Waals surface area contributed by atoms with Gasteiger partial charge in [-0.05, 0) is 44.0 Å². The van der Waals surface area contributed by atoms with Gasteiger partial charge in [-0.3, -0.25) is 4.79 Å². The molecule has 0 radical (unpaired) electrons. The van der Waals surface area contributed by atoms with E-state index < -0.39 is 15.8 Å². The molecule has 0 aliphatic rings. The smallest absolute Gasteiger partial charge is 0.266 e. The van der Waals surface area contributed by atoms with E-state index in [9.17, 15) is 9.00 Å². The van der Waals surface area contributed by atoms with Crippen molar-refractivity contribution in [1.82, 2.24) is 4.31 Å². The Bertz CT molecular complexity index is 830. The van der Waals surface area contributed by atoms with Crippen LogP contribution in [0.25, 0.3) is 0 Å². The third kappa shape index (κ3) is 5.75. The molecule has 27 heavy (non-hydrogen) atoms. The molecule has 0 aliphatic heterocycles. The molecule has 0 heterocycles. The van der Waals surface area contributed by atoms with Crippen LogP contribution in [0, 0.1) is 6.92 Å². The van der Waals surface area contributed by atoms with Gasteiger partial charge >= 0.3 is 0 Å². The molecule has 0 spiro atoms. The molecule has 2 aromatic carbocycles. The zero-order chi connectivity index (χ0) is 19.7. The SMILES string of the molecule is CCCCN(CCCC)S(=O)(=NC(=O)c1ccccc1)c1ccc(C)cc1. The molecule has 4 nitrogen and oxygen atoms in total. The number of amides is 1. The Morgan fingerprint density at radius 3 is 2.00 bits per heavy atom. The molecule has 0 N–H and O–H groups in total. The van der Waals surface area contributed by atoms with Gasteiger partial charge in [0.15, 0.2) is 0 Å². The van der Waals surface area contributed by atoms with Crippen LogP contribution in [-0.4, -0.2) is 27.5 Å². The summed E-state index contributed by atoms with van der Waals surface area (Å²) in [4.78, 5) is 13.4. The largest absolute Gasteiger partial charge is 0.286 e. The lowest BCUT2D eigenvalue weighted by atomic mass is 10.2. The van der Waals surface area contributed by atoms with Gasteiger partial charge < -0.3 is 0 Å². The van der Waals surface area contributed by atoms with E-state index in [1.165, 1.54) is 0 Å². The molecule has 1 amide bonds. The highest BCUT2D eigenvalue weighted by Crippen LogP contribution is 2.22. The number of unbranched alkanes of at least 4 members (excludes halogenated alkanes) is 2. The average Bonchev–Trinajstić information content (AvgIpc) is 2.69. The molecule has 0 aliphatic carbocycles. The molecule has 5 heteroatoms. The lowest BCUT2D eigenvalue weighted by molar-refractivity contribution is 0.100. The second-order valence-electron chi connectivity index (χ2n) is 6.71. The Morgan fingerprint density at radius 1 is 0.926 bits per heavy atom. The Labute approximate surface area is 163 Å². The zero-order valence-corrected chi connectivity index (χ0v) is 17.4. The van der Waals surface area contributed by atoms with Crippen LogP contribution in [0.2, 0.25) is 0 Å². The van der Waals surface area contributed by atoms with Crippen LogP contribution in [0.5, 0.6) is 0 Å². The molecular formula is C22H30N2O2S. The van der Waals surface area contributed by atoms with Gasteiger partial charge in [0.05, 0.1) is 4.90 Å². The summed E-state index contributed by atoms with van der Waals surface area (Å²) in [6.45, 7) is 7.53. The summed E-state index contributed by atoms with van der Waals surface area (Å²) in [5.41, 5.74) is 1.55. The van der Waals surface area contributed by atoms with Crippen molar-refractivity contribution in [2.24, 2.45) is 4.36 Å². The van der Waals surface area contributed by atoms with Crippen molar-refractivity contribution in [3.8, 4) is 0 Å². The first-order valence-corrected chi connectivity index (χ1v) is 11.2. The van der Waals surface area contributed by atoms with Crippen LogP contribution < -0.4 is 0 Å². The zero-order valence-electron chi connectivity index (χ0n) is 16.6. The lowest BCUT2D eigenvalue weighted by Gasteiger charge is -2.26. The first-order valence-electron chi connectivity index (χ1n) is 9.69. The van der Waals surface area contributed by atoms with Crippen molar-refractivity contribution in [2.45, 2.75) is 51.3 Å². The van der Waals surface area contributed by atoms with E-state index in [1.54, 1.807) is 24.3 Å². The van der Waals surface area contributed by atoms with E-state index in [0.29, 0.717) is 23.5 Å². The summed E-state index contributed by atoms with van der Waals surface area (Å²) in [5.74, 6) is -0.431. The van der Waals surface area contributed by atoms with Crippen molar-refractivity contribution >= 4 is 15.8 Å². The van der Waals surface area contributed by atoms with Gasteiger partial charge in [0.1, 0.15) is 9.92 Å². The lowest BCUT2D eigenvalue weighted by Crippen LogP contribution is -2.33. The topological polar surface area (TPSA) is 49.7 Å². The van der Waals surface area contributed by atoms with Crippen LogP contribution in [0.15, 0.2) is 63.9 Å². The Balaban J connectivity index is 2.55. The van der Waals surface area contributed by atoms with E-state index in [0.717, 1.165) is 31.2 Å². The summed E-state index contributed by atoms with van der Waals surface area (Å²) in [6.07, 6.45) is 3.83. The normalized spacial score (nSPS) is 13.3. The highest BCUT2D eigenvalue weighted by atomic mass is 32.2. The third-order valence-corrected chi connectivity index (χ3v) is 6.79. The minimum Gasteiger partial charge on any atom is -0.266 e. The second-order valence-corrected chi connectivity index (χ2v) is 8.87. The molecule has 2 aromatic rings. The van der Waals surface area contributed by atoms with E-state index in [-0.39, 0.29) is 0 Å². The number of nitrogens with zero attached hydrogens (tertiary/aromatic N) is 2. The van der Waals surface area contributed by atoms with Crippen LogP contribution in [0.4, 0.5) is 0 Å². The number of hydrogen-bond acceptors (Lipinski definition) is 2. The molecule has 2 rings (SSSR count). The van der Waals surface area contributed by atoms with Crippen LogP contribution in [0.1, 0.15) is 55.5 Å². The van der Waals surface area contributed by atoms with Gasteiger partial charge in [0.25, 0.3) is 5.91 Å². The maximum absolute atomic E-state index is 14.1. The maximum atomic E-state index is 14.1. The number of aryl methyl sites for hydroxylation is 1. The summed E-state index contributed by atoms with van der Waals surface area (Å²) in [7, 11) is -3.01. The molecule has 0 saturated carbocycles. The quantitative estimate of drug-likeness (QED) is 0.573. The van der Waals surface area contributed by atoms with E-state index in [1.807, 2.05) is 41.6 Å². The Hall–Kier alpha value is -1.98. The highest BCUT2D eigenvalue weighted by Gasteiger charge is 2.24. The predicted molar refractivity (Wildman–Crippen MR) is 112 cm³/mol. The van der Waals surface area contributed by atoms with Crippen molar-refractivity contribution < 1.29 is 9.00 Å². The van der Waals surface area contributed by atoms with Crippen molar-refractivity contribution in [3.05, 3.63) is 65.7 Å². The van der Waals surface area contributed by atoms with Gasteiger partial charge in [-0.1, -0.05) is 62.6 Å². The van der Waals surface area contributed by atoms with Crippen molar-refractivity contribution in [3.63, 3.8) is 0 Å². The summed E-state index contributed by atoms with van der Waals surface area (Å²) >= 11 is 0. The average molecular weight is 387 g/mol. The highest BCUT2D eigenvalue weighted by molar-refractivity contribution is 7.91. The summed E-state index contributed by atoms with van der Waals surface area (Å²) in [5, 5.41) is 0. The third-order valence-electron chi connectivity index (χ3n) is 4.43. The first kappa shape index (κ1) is 21.3. The van der Waals surface area contributed by atoms with Gasteiger partial charge in [-0.2, -0.15) is 0 Å². The summed E-state index contributed by atoms with van der Waals surface area (Å²) < 4.78 is 20.3. The van der Waals surface area contributed by atoms with Crippen LogP contribution >= 0.6 is 0 Å². The van der Waals surface area contributed by atoms with Gasteiger partial charge in [-0.25, -0.2) is 8.51 Å². The molecule has 0 saturated heterocycles.